The monoisotopic (exact) mass is 316 g/mol. The molecular formula is C14H18ClFN2O3. The van der Waals surface area contributed by atoms with Crippen LogP contribution in [0.4, 0.5) is 9.18 Å². The van der Waals surface area contributed by atoms with Gasteiger partial charge in [0, 0.05) is 11.6 Å². The largest absolute Gasteiger partial charge is 0.480 e. The van der Waals surface area contributed by atoms with E-state index in [0.717, 1.165) is 0 Å². The third-order valence-corrected chi connectivity index (χ3v) is 3.13. The van der Waals surface area contributed by atoms with E-state index in [1.807, 2.05) is 13.8 Å². The topological polar surface area (TPSA) is 78.4 Å². The molecule has 0 aliphatic heterocycles. The Balaban J connectivity index is 2.56. The van der Waals surface area contributed by atoms with Crippen molar-refractivity contribution in [2.24, 2.45) is 5.92 Å². The number of carboxylic acid groups (broad SMARTS) is 1. The molecule has 0 spiro atoms. The smallest absolute Gasteiger partial charge is 0.326 e. The number of hydrogen-bond donors (Lipinski definition) is 3. The predicted octanol–water partition coefficient (Wildman–Crippen LogP) is 2.78. The van der Waals surface area contributed by atoms with Crippen LogP contribution in [0.5, 0.6) is 0 Å². The molecule has 1 aromatic carbocycles. The first-order valence-corrected chi connectivity index (χ1v) is 6.88. The Morgan fingerprint density at radius 2 is 2.05 bits per heavy atom. The average molecular weight is 317 g/mol. The van der Waals surface area contributed by atoms with Crippen LogP contribution in [-0.2, 0) is 11.3 Å². The number of halogens is 2. The molecule has 0 radical (unpaired) electrons. The summed E-state index contributed by atoms with van der Waals surface area (Å²) >= 11 is 5.87. The molecule has 0 heterocycles. The Kier molecular flexibility index (Phi) is 6.42. The number of carboxylic acids is 1. The molecule has 3 N–H and O–H groups in total. The number of amides is 2. The lowest BCUT2D eigenvalue weighted by Crippen LogP contribution is -2.46. The SMILES string of the molecule is CC(C)CC(NC(=O)NCc1cc(F)ccc1Cl)C(=O)O. The van der Waals surface area contributed by atoms with Crippen molar-refractivity contribution in [1.29, 1.82) is 0 Å². The second-order valence-corrected chi connectivity index (χ2v) is 5.49. The predicted molar refractivity (Wildman–Crippen MR) is 77.7 cm³/mol. The lowest BCUT2D eigenvalue weighted by molar-refractivity contribution is -0.139. The highest BCUT2D eigenvalue weighted by molar-refractivity contribution is 6.31. The van der Waals surface area contributed by atoms with E-state index in [1.54, 1.807) is 0 Å². The van der Waals surface area contributed by atoms with Crippen LogP contribution >= 0.6 is 11.6 Å². The van der Waals surface area contributed by atoms with Crippen LogP contribution in [0.15, 0.2) is 18.2 Å². The van der Waals surface area contributed by atoms with Crippen molar-refractivity contribution < 1.29 is 19.1 Å². The zero-order chi connectivity index (χ0) is 16.0. The quantitative estimate of drug-likeness (QED) is 0.755. The van der Waals surface area contributed by atoms with Gasteiger partial charge < -0.3 is 15.7 Å². The normalized spacial score (nSPS) is 12.0. The zero-order valence-electron chi connectivity index (χ0n) is 11.8. The number of carbonyl (C=O) groups is 2. The highest BCUT2D eigenvalue weighted by atomic mass is 35.5. The maximum absolute atomic E-state index is 13.1. The van der Waals surface area contributed by atoms with Crippen LogP contribution in [0.3, 0.4) is 0 Å². The molecule has 0 aliphatic carbocycles. The fourth-order valence-corrected chi connectivity index (χ4v) is 1.94. The maximum atomic E-state index is 13.1. The Labute approximate surface area is 127 Å². The fraction of sp³-hybridized carbons (Fsp3) is 0.429. The van der Waals surface area contributed by atoms with E-state index in [0.29, 0.717) is 17.0 Å². The molecule has 0 fully saturated rings. The standard InChI is InChI=1S/C14H18ClFN2O3/c1-8(2)5-12(13(19)20)18-14(21)17-7-9-6-10(16)3-4-11(9)15/h3-4,6,8,12H,5,7H2,1-2H3,(H,19,20)(H2,17,18,21). The van der Waals surface area contributed by atoms with E-state index in [9.17, 15) is 14.0 Å². The maximum Gasteiger partial charge on any atom is 0.326 e. The molecule has 1 atom stereocenters. The van der Waals surface area contributed by atoms with Crippen LogP contribution in [0.2, 0.25) is 5.02 Å². The molecular weight excluding hydrogens is 299 g/mol. The second kappa shape index (κ2) is 7.83. The number of benzene rings is 1. The summed E-state index contributed by atoms with van der Waals surface area (Å²) in [5.41, 5.74) is 0.419. The van der Waals surface area contributed by atoms with Gasteiger partial charge in [-0.3, -0.25) is 0 Å². The van der Waals surface area contributed by atoms with Crippen molar-refractivity contribution in [2.45, 2.75) is 32.9 Å². The second-order valence-electron chi connectivity index (χ2n) is 5.08. The van der Waals surface area contributed by atoms with Gasteiger partial charge in [-0.05, 0) is 36.1 Å². The molecule has 0 aliphatic rings. The first-order chi connectivity index (χ1) is 9.79. The highest BCUT2D eigenvalue weighted by Crippen LogP contribution is 2.16. The molecule has 2 amide bonds. The number of aliphatic carboxylic acids is 1. The van der Waals surface area contributed by atoms with Crippen LogP contribution < -0.4 is 10.6 Å². The molecule has 0 saturated carbocycles. The third kappa shape index (κ3) is 5.99. The third-order valence-electron chi connectivity index (χ3n) is 2.76. The molecule has 21 heavy (non-hydrogen) atoms. The van der Waals surface area contributed by atoms with Gasteiger partial charge in [0.15, 0.2) is 0 Å². The summed E-state index contributed by atoms with van der Waals surface area (Å²) in [4.78, 5) is 22.7. The Hall–Kier alpha value is -1.82. The number of hydrogen-bond acceptors (Lipinski definition) is 2. The minimum Gasteiger partial charge on any atom is -0.480 e. The van der Waals surface area contributed by atoms with Crippen molar-refractivity contribution in [3.05, 3.63) is 34.6 Å². The van der Waals surface area contributed by atoms with Gasteiger partial charge in [-0.2, -0.15) is 0 Å². The van der Waals surface area contributed by atoms with Gasteiger partial charge in [-0.15, -0.1) is 0 Å². The van der Waals surface area contributed by atoms with Gasteiger partial charge in [0.1, 0.15) is 11.9 Å². The summed E-state index contributed by atoms with van der Waals surface area (Å²) in [6, 6.07) is 2.22. The Morgan fingerprint density at radius 1 is 1.38 bits per heavy atom. The molecule has 1 unspecified atom stereocenters. The van der Waals surface area contributed by atoms with Crippen LogP contribution in [0.25, 0.3) is 0 Å². The Morgan fingerprint density at radius 3 is 2.62 bits per heavy atom. The highest BCUT2D eigenvalue weighted by Gasteiger charge is 2.20. The van der Waals surface area contributed by atoms with Crippen LogP contribution in [-0.4, -0.2) is 23.1 Å². The summed E-state index contributed by atoms with van der Waals surface area (Å²) in [6.45, 7) is 3.74. The summed E-state index contributed by atoms with van der Waals surface area (Å²) in [6.07, 6.45) is 0.323. The lowest BCUT2D eigenvalue weighted by atomic mass is 10.0. The number of carbonyl (C=O) groups excluding carboxylic acids is 1. The lowest BCUT2D eigenvalue weighted by Gasteiger charge is -2.17. The summed E-state index contributed by atoms with van der Waals surface area (Å²) < 4.78 is 13.1. The van der Waals surface area contributed by atoms with Crippen LogP contribution in [0.1, 0.15) is 25.8 Å². The van der Waals surface area contributed by atoms with Gasteiger partial charge >= 0.3 is 12.0 Å². The molecule has 0 saturated heterocycles. The van der Waals surface area contributed by atoms with Crippen LogP contribution in [0, 0.1) is 11.7 Å². The van der Waals surface area contributed by atoms with E-state index in [-0.39, 0.29) is 12.5 Å². The van der Waals surface area contributed by atoms with E-state index >= 15 is 0 Å². The van der Waals surface area contributed by atoms with Crippen molar-refractivity contribution in [2.75, 3.05) is 0 Å². The van der Waals surface area contributed by atoms with E-state index in [1.165, 1.54) is 18.2 Å². The van der Waals surface area contributed by atoms with Gasteiger partial charge in [-0.1, -0.05) is 25.4 Å². The molecule has 1 aromatic rings. The molecule has 116 valence electrons. The molecule has 0 aromatic heterocycles. The minimum atomic E-state index is -1.09. The molecule has 0 bridgehead atoms. The average Bonchev–Trinajstić information content (AvgIpc) is 2.38. The van der Waals surface area contributed by atoms with Gasteiger partial charge in [0.2, 0.25) is 0 Å². The van der Waals surface area contributed by atoms with Crippen molar-refractivity contribution in [3.8, 4) is 0 Å². The molecule has 1 rings (SSSR count). The summed E-state index contributed by atoms with van der Waals surface area (Å²) in [5, 5.41) is 14.2. The van der Waals surface area contributed by atoms with E-state index in [2.05, 4.69) is 10.6 Å². The Bertz CT molecular complexity index is 523. The van der Waals surface area contributed by atoms with Crippen molar-refractivity contribution in [3.63, 3.8) is 0 Å². The number of nitrogens with one attached hydrogen (secondary N) is 2. The van der Waals surface area contributed by atoms with E-state index < -0.39 is 23.9 Å². The molecule has 5 nitrogen and oxygen atoms in total. The first-order valence-electron chi connectivity index (χ1n) is 6.50. The zero-order valence-corrected chi connectivity index (χ0v) is 12.6. The van der Waals surface area contributed by atoms with E-state index in [4.69, 9.17) is 16.7 Å². The first kappa shape index (κ1) is 17.2. The van der Waals surface area contributed by atoms with Crippen molar-refractivity contribution >= 4 is 23.6 Å². The van der Waals surface area contributed by atoms with Crippen molar-refractivity contribution in [1.82, 2.24) is 10.6 Å². The molecule has 7 heteroatoms. The van der Waals surface area contributed by atoms with Gasteiger partial charge in [0.05, 0.1) is 0 Å². The number of rotatable bonds is 6. The van der Waals surface area contributed by atoms with Gasteiger partial charge in [0.25, 0.3) is 0 Å². The number of urea groups is 1. The van der Waals surface area contributed by atoms with Gasteiger partial charge in [-0.25, -0.2) is 14.0 Å². The fourth-order valence-electron chi connectivity index (χ4n) is 1.76. The summed E-state index contributed by atoms with van der Waals surface area (Å²) in [7, 11) is 0. The minimum absolute atomic E-state index is 0.0104. The summed E-state index contributed by atoms with van der Waals surface area (Å²) in [5.74, 6) is -1.42.